The maximum atomic E-state index is 12.5. The first-order valence-corrected chi connectivity index (χ1v) is 7.12. The Bertz CT molecular complexity index is 604. The number of aryl methyl sites for hydroxylation is 1. The van der Waals surface area contributed by atoms with Crippen molar-refractivity contribution in [3.8, 4) is 0 Å². The van der Waals surface area contributed by atoms with Gasteiger partial charge in [-0.25, -0.2) is 0 Å². The molecule has 1 N–H and O–H groups in total. The summed E-state index contributed by atoms with van der Waals surface area (Å²) in [6.45, 7) is 5.78. The number of anilines is 1. The van der Waals surface area contributed by atoms with E-state index in [-0.39, 0.29) is 5.91 Å². The first-order chi connectivity index (χ1) is 9.90. The van der Waals surface area contributed by atoms with Crippen molar-refractivity contribution >= 4 is 17.6 Å². The molecule has 4 heteroatoms. The highest BCUT2D eigenvalue weighted by molar-refractivity contribution is 5.96. The zero-order valence-corrected chi connectivity index (χ0v) is 12.6. The number of rotatable bonds is 3. The van der Waals surface area contributed by atoms with Gasteiger partial charge in [-0.3, -0.25) is 4.79 Å². The third-order valence-corrected chi connectivity index (χ3v) is 4.31. The van der Waals surface area contributed by atoms with Crippen molar-refractivity contribution in [2.75, 3.05) is 5.32 Å². The van der Waals surface area contributed by atoms with Crippen LogP contribution in [0.1, 0.15) is 32.3 Å². The largest absolute Gasteiger partial charge is 0.550 e. The van der Waals surface area contributed by atoms with Gasteiger partial charge in [0, 0.05) is 17.6 Å². The van der Waals surface area contributed by atoms with Crippen LogP contribution < -0.4 is 10.4 Å². The summed E-state index contributed by atoms with van der Waals surface area (Å²) >= 11 is 0. The molecule has 0 heterocycles. The van der Waals surface area contributed by atoms with E-state index in [0.29, 0.717) is 12.8 Å². The van der Waals surface area contributed by atoms with E-state index in [1.165, 1.54) is 0 Å². The summed E-state index contributed by atoms with van der Waals surface area (Å²) in [4.78, 5) is 23.8. The van der Waals surface area contributed by atoms with Crippen LogP contribution in [0.15, 0.2) is 35.4 Å². The summed E-state index contributed by atoms with van der Waals surface area (Å²) in [5, 5.41) is 14.2. The van der Waals surface area contributed by atoms with Crippen LogP contribution >= 0.6 is 0 Å². The molecule has 1 aromatic rings. The Morgan fingerprint density at radius 2 is 1.62 bits per heavy atom. The number of hydrogen-bond donors (Lipinski definition) is 1. The monoisotopic (exact) mass is 286 g/mol. The predicted octanol–water partition coefficient (Wildman–Crippen LogP) is 2.05. The average molecular weight is 286 g/mol. The number of amides is 1. The van der Waals surface area contributed by atoms with Gasteiger partial charge >= 0.3 is 0 Å². The molecule has 1 aliphatic carbocycles. The number of benzene rings is 1. The third kappa shape index (κ3) is 3.32. The Balaban J connectivity index is 2.21. The van der Waals surface area contributed by atoms with Gasteiger partial charge in [0.05, 0.1) is 5.92 Å². The molecule has 2 rings (SSSR count). The second-order valence-corrected chi connectivity index (χ2v) is 5.81. The molecule has 0 fully saturated rings. The summed E-state index contributed by atoms with van der Waals surface area (Å²) in [5.41, 5.74) is 3.82. The van der Waals surface area contributed by atoms with Gasteiger partial charge in [-0.05, 0) is 45.2 Å². The van der Waals surface area contributed by atoms with E-state index in [4.69, 9.17) is 0 Å². The maximum Gasteiger partial charge on any atom is 0.228 e. The number of carboxylic acid groups (broad SMARTS) is 1. The van der Waals surface area contributed by atoms with Crippen molar-refractivity contribution in [2.24, 2.45) is 11.8 Å². The lowest BCUT2D eigenvalue weighted by molar-refractivity contribution is -0.313. The van der Waals surface area contributed by atoms with Gasteiger partial charge in [-0.2, -0.15) is 0 Å². The lowest BCUT2D eigenvalue weighted by Crippen LogP contribution is -2.42. The maximum absolute atomic E-state index is 12.5. The molecule has 2 unspecified atom stereocenters. The molecular formula is C17H20NO3-. The van der Waals surface area contributed by atoms with Crippen LogP contribution in [0.2, 0.25) is 0 Å². The standard InChI is InChI=1S/C17H21NO3/c1-10-6-4-5-7-15(10)18-16(19)13-8-11(2)12(3)9-14(13)17(20)21/h4-7,13-14H,8-9H2,1-3H3,(H,18,19)(H,20,21)/p-1. The minimum atomic E-state index is -1.15. The number of carbonyl (C=O) groups excluding carboxylic acids is 2. The minimum absolute atomic E-state index is 0.245. The Kier molecular flexibility index (Phi) is 4.46. The van der Waals surface area contributed by atoms with Gasteiger partial charge < -0.3 is 15.2 Å². The van der Waals surface area contributed by atoms with E-state index >= 15 is 0 Å². The van der Waals surface area contributed by atoms with Crippen LogP contribution in [0.25, 0.3) is 0 Å². The van der Waals surface area contributed by atoms with Gasteiger partial charge in [-0.15, -0.1) is 0 Å². The fourth-order valence-electron chi connectivity index (χ4n) is 2.75. The van der Waals surface area contributed by atoms with E-state index in [9.17, 15) is 14.7 Å². The van der Waals surface area contributed by atoms with Crippen molar-refractivity contribution in [3.05, 3.63) is 41.0 Å². The fraction of sp³-hybridized carbons (Fsp3) is 0.412. The summed E-state index contributed by atoms with van der Waals surface area (Å²) in [5.74, 6) is -2.71. The highest BCUT2D eigenvalue weighted by atomic mass is 16.4. The third-order valence-electron chi connectivity index (χ3n) is 4.31. The topological polar surface area (TPSA) is 69.2 Å². The van der Waals surface area contributed by atoms with Crippen LogP contribution in [0.3, 0.4) is 0 Å². The number of allylic oxidation sites excluding steroid dienone is 2. The second-order valence-electron chi connectivity index (χ2n) is 5.81. The van der Waals surface area contributed by atoms with Crippen LogP contribution in [-0.2, 0) is 9.59 Å². The summed E-state index contributed by atoms with van der Waals surface area (Å²) in [7, 11) is 0. The summed E-state index contributed by atoms with van der Waals surface area (Å²) in [6, 6.07) is 7.46. The van der Waals surface area contributed by atoms with Gasteiger partial charge in [0.15, 0.2) is 0 Å². The van der Waals surface area contributed by atoms with E-state index in [2.05, 4.69) is 5.32 Å². The molecule has 0 saturated heterocycles. The first-order valence-electron chi connectivity index (χ1n) is 7.12. The summed E-state index contributed by atoms with van der Waals surface area (Å²) < 4.78 is 0. The number of carbonyl (C=O) groups is 2. The van der Waals surface area contributed by atoms with Gasteiger partial charge in [0.1, 0.15) is 0 Å². The van der Waals surface area contributed by atoms with Crippen molar-refractivity contribution in [3.63, 3.8) is 0 Å². The molecule has 2 atom stereocenters. The van der Waals surface area contributed by atoms with E-state index in [0.717, 1.165) is 22.4 Å². The number of para-hydroxylation sites is 1. The highest BCUT2D eigenvalue weighted by Crippen LogP contribution is 2.34. The van der Waals surface area contributed by atoms with Crippen molar-refractivity contribution < 1.29 is 14.7 Å². The Morgan fingerprint density at radius 3 is 2.19 bits per heavy atom. The number of aliphatic carboxylic acids is 1. The van der Waals surface area contributed by atoms with Crippen LogP contribution in [0, 0.1) is 18.8 Å². The van der Waals surface area contributed by atoms with Gasteiger partial charge in [0.25, 0.3) is 0 Å². The molecule has 0 bridgehead atoms. The predicted molar refractivity (Wildman–Crippen MR) is 79.4 cm³/mol. The van der Waals surface area contributed by atoms with Crippen LogP contribution in [0.5, 0.6) is 0 Å². The molecule has 112 valence electrons. The molecule has 4 nitrogen and oxygen atoms in total. The lowest BCUT2D eigenvalue weighted by Gasteiger charge is -2.32. The van der Waals surface area contributed by atoms with E-state index in [1.807, 2.05) is 45.0 Å². The molecule has 1 aliphatic rings. The summed E-state index contributed by atoms with van der Waals surface area (Å²) in [6.07, 6.45) is 0.863. The first kappa shape index (κ1) is 15.3. The fourth-order valence-corrected chi connectivity index (χ4v) is 2.75. The highest BCUT2D eigenvalue weighted by Gasteiger charge is 2.33. The molecule has 21 heavy (non-hydrogen) atoms. The molecule has 0 spiro atoms. The van der Waals surface area contributed by atoms with E-state index < -0.39 is 17.8 Å². The normalized spacial score (nSPS) is 22.0. The molecule has 0 saturated carbocycles. The number of nitrogens with one attached hydrogen (secondary N) is 1. The lowest BCUT2D eigenvalue weighted by atomic mass is 9.76. The molecule has 0 aliphatic heterocycles. The smallest absolute Gasteiger partial charge is 0.228 e. The zero-order valence-electron chi connectivity index (χ0n) is 12.6. The Morgan fingerprint density at radius 1 is 1.05 bits per heavy atom. The zero-order chi connectivity index (χ0) is 15.6. The quantitative estimate of drug-likeness (QED) is 0.865. The van der Waals surface area contributed by atoms with Crippen molar-refractivity contribution in [1.82, 2.24) is 0 Å². The molecule has 0 aromatic heterocycles. The van der Waals surface area contributed by atoms with E-state index in [1.54, 1.807) is 0 Å². The molecular weight excluding hydrogens is 266 g/mol. The number of carboxylic acids is 1. The number of hydrogen-bond acceptors (Lipinski definition) is 3. The van der Waals surface area contributed by atoms with Gasteiger partial charge in [0.2, 0.25) is 5.91 Å². The second kappa shape index (κ2) is 6.12. The van der Waals surface area contributed by atoms with Gasteiger partial charge in [-0.1, -0.05) is 29.3 Å². The minimum Gasteiger partial charge on any atom is -0.550 e. The molecule has 1 aromatic carbocycles. The average Bonchev–Trinajstić information content (AvgIpc) is 2.43. The van der Waals surface area contributed by atoms with Crippen molar-refractivity contribution in [2.45, 2.75) is 33.6 Å². The SMILES string of the molecule is CC1=C(C)CC(C(=O)Nc2ccccc2C)C(C(=O)[O-])C1. The Labute approximate surface area is 124 Å². The van der Waals surface area contributed by atoms with Crippen LogP contribution in [0.4, 0.5) is 5.69 Å². The Hall–Kier alpha value is -2.10. The molecule has 1 amide bonds. The van der Waals surface area contributed by atoms with Crippen LogP contribution in [-0.4, -0.2) is 11.9 Å². The molecule has 0 radical (unpaired) electrons. The van der Waals surface area contributed by atoms with Crippen molar-refractivity contribution in [1.29, 1.82) is 0 Å².